The molecule has 0 saturated carbocycles. The molecule has 0 spiro atoms. The third-order valence-corrected chi connectivity index (χ3v) is 9.77. The molecule has 1 fully saturated rings. The number of ketones is 1. The minimum Gasteiger partial charge on any atom is -0.462 e. The third kappa shape index (κ3) is 11.6. The molecule has 1 saturated heterocycles. The van der Waals surface area contributed by atoms with Crippen molar-refractivity contribution in [1.29, 1.82) is 0 Å². The smallest absolute Gasteiger partial charge is 0.308 e. The Hall–Kier alpha value is -2.77. The van der Waals surface area contributed by atoms with Crippen molar-refractivity contribution in [2.45, 2.75) is 116 Å². The first kappa shape index (κ1) is 40.7. The molecule has 3 rings (SSSR count). The van der Waals surface area contributed by atoms with Crippen molar-refractivity contribution in [1.82, 2.24) is 4.90 Å². The Labute approximate surface area is 291 Å². The van der Waals surface area contributed by atoms with Crippen LogP contribution in [0.2, 0.25) is 0 Å². The van der Waals surface area contributed by atoms with Crippen molar-refractivity contribution in [3.05, 3.63) is 59.7 Å². The lowest BCUT2D eigenvalue weighted by molar-refractivity contribution is -0.304. The fraction of sp³-hybridized carbons (Fsp3) is 0.658. The minimum atomic E-state index is -1.27. The SMILES string of the molecule is CC[C@H]1OC(=O)C[C@@H](O)[C@H](C)[C@@H](O[C@@H]2O[C@H](C)[C@@H](O)[C@H](N(C)C)[C@H]2O)[C@@H](CC=O)C[C@@H](C)C(=O)/C=C/C(C)=C/[C@@H]1COCc1ccccc1. The van der Waals surface area contributed by atoms with Crippen molar-refractivity contribution in [3.63, 3.8) is 0 Å². The first-order valence-corrected chi connectivity index (χ1v) is 17.4. The molecule has 2 aliphatic heterocycles. The molecule has 0 aromatic heterocycles. The maximum Gasteiger partial charge on any atom is 0.308 e. The maximum atomic E-state index is 13.4. The number of hydrogen-bond donors (Lipinski definition) is 3. The number of aldehydes is 1. The lowest BCUT2D eigenvalue weighted by Crippen LogP contribution is -2.63. The molecule has 49 heavy (non-hydrogen) atoms. The summed E-state index contributed by atoms with van der Waals surface area (Å²) in [6.45, 7) is 9.59. The van der Waals surface area contributed by atoms with Crippen LogP contribution in [0.5, 0.6) is 0 Å². The molecule has 0 radical (unpaired) electrons. The van der Waals surface area contributed by atoms with Gasteiger partial charge in [0.1, 0.15) is 18.5 Å². The number of cyclic esters (lactones) is 1. The summed E-state index contributed by atoms with van der Waals surface area (Å²) in [4.78, 5) is 40.4. The van der Waals surface area contributed by atoms with E-state index < -0.39 is 72.7 Å². The Morgan fingerprint density at radius 3 is 2.35 bits per heavy atom. The van der Waals surface area contributed by atoms with Gasteiger partial charge in [-0.3, -0.25) is 9.59 Å². The van der Waals surface area contributed by atoms with Crippen LogP contribution in [0.3, 0.4) is 0 Å². The van der Waals surface area contributed by atoms with Crippen LogP contribution in [-0.4, -0.2) is 108 Å². The number of carbonyl (C=O) groups is 3. The number of benzene rings is 1. The summed E-state index contributed by atoms with van der Waals surface area (Å²) >= 11 is 0. The third-order valence-electron chi connectivity index (χ3n) is 9.77. The summed E-state index contributed by atoms with van der Waals surface area (Å²) in [6.07, 6.45) is -0.557. The van der Waals surface area contributed by atoms with E-state index in [-0.39, 0.29) is 37.6 Å². The van der Waals surface area contributed by atoms with Gasteiger partial charge < -0.3 is 44.0 Å². The van der Waals surface area contributed by atoms with Crippen LogP contribution in [0.4, 0.5) is 0 Å². The summed E-state index contributed by atoms with van der Waals surface area (Å²) in [5.41, 5.74) is 1.81. The molecule has 2 heterocycles. The van der Waals surface area contributed by atoms with E-state index in [1.54, 1.807) is 45.8 Å². The van der Waals surface area contributed by atoms with E-state index in [0.717, 1.165) is 17.4 Å². The topological polar surface area (TPSA) is 152 Å². The number of hydrogen-bond acceptors (Lipinski definition) is 11. The number of rotatable bonds is 10. The van der Waals surface area contributed by atoms with Crippen LogP contribution in [0.15, 0.2) is 54.1 Å². The van der Waals surface area contributed by atoms with E-state index in [9.17, 15) is 29.7 Å². The van der Waals surface area contributed by atoms with Gasteiger partial charge in [0.05, 0.1) is 50.1 Å². The number of allylic oxidation sites excluding steroid dienone is 3. The van der Waals surface area contributed by atoms with Gasteiger partial charge in [-0.1, -0.05) is 68.8 Å². The molecule has 0 amide bonds. The van der Waals surface area contributed by atoms with Crippen LogP contribution in [0, 0.1) is 23.7 Å². The number of nitrogens with zero attached hydrogens (tertiary/aromatic N) is 1. The van der Waals surface area contributed by atoms with Gasteiger partial charge in [-0.05, 0) is 58.3 Å². The van der Waals surface area contributed by atoms with E-state index in [1.807, 2.05) is 50.3 Å². The summed E-state index contributed by atoms with van der Waals surface area (Å²) in [5, 5.41) is 33.4. The fourth-order valence-corrected chi connectivity index (χ4v) is 6.80. The average molecular weight is 688 g/mol. The zero-order valence-electron chi connectivity index (χ0n) is 30.0. The quantitative estimate of drug-likeness (QED) is 0.244. The Morgan fingerprint density at radius 2 is 1.71 bits per heavy atom. The van der Waals surface area contributed by atoms with E-state index in [2.05, 4.69) is 0 Å². The molecular formula is C38H57NO10. The standard InChI is InChI=1S/C38H57NO10/c1-8-32-29(22-46-21-27-12-10-9-11-13-27)18-23(2)14-15-30(41)24(3)19-28(16-17-40)37(25(4)31(42)20-33(43)48-32)49-38-36(45)34(39(6)7)35(44)26(5)47-38/h9-15,17-18,24-26,28-29,31-32,34-38,42,44-45H,8,16,19-22H2,1-7H3/b15-14+,23-18+/t24-,25+,26-,28+,29-,31-,32-,34+,35-,36-,37-,38+/m1/s1. The lowest BCUT2D eigenvalue weighted by Gasteiger charge is -2.46. The molecular weight excluding hydrogens is 630 g/mol. The van der Waals surface area contributed by atoms with Crippen molar-refractivity contribution >= 4 is 18.0 Å². The molecule has 274 valence electrons. The summed E-state index contributed by atoms with van der Waals surface area (Å²) < 4.78 is 24.4. The summed E-state index contributed by atoms with van der Waals surface area (Å²) in [6, 6.07) is 9.04. The second kappa shape index (κ2) is 19.6. The Morgan fingerprint density at radius 1 is 1.02 bits per heavy atom. The minimum absolute atomic E-state index is 0.00705. The average Bonchev–Trinajstić information content (AvgIpc) is 3.06. The normalized spacial score (nSPS) is 37.2. The molecule has 0 unspecified atom stereocenters. The molecule has 12 atom stereocenters. The zero-order valence-corrected chi connectivity index (χ0v) is 30.0. The fourth-order valence-electron chi connectivity index (χ4n) is 6.80. The second-order valence-corrected chi connectivity index (χ2v) is 13.9. The predicted molar refractivity (Wildman–Crippen MR) is 184 cm³/mol. The Kier molecular flexibility index (Phi) is 16.2. The predicted octanol–water partition coefficient (Wildman–Crippen LogP) is 3.63. The van der Waals surface area contributed by atoms with Gasteiger partial charge in [0.25, 0.3) is 0 Å². The molecule has 11 nitrogen and oxygen atoms in total. The molecule has 11 heteroatoms. The number of aliphatic hydroxyl groups is 3. The molecule has 2 aliphatic rings. The highest BCUT2D eigenvalue weighted by Gasteiger charge is 2.47. The van der Waals surface area contributed by atoms with Crippen molar-refractivity contribution in [2.75, 3.05) is 20.7 Å². The van der Waals surface area contributed by atoms with E-state index in [0.29, 0.717) is 13.0 Å². The van der Waals surface area contributed by atoms with Crippen LogP contribution < -0.4 is 0 Å². The highest BCUT2D eigenvalue weighted by Crippen LogP contribution is 2.34. The van der Waals surface area contributed by atoms with Gasteiger partial charge in [0.15, 0.2) is 12.1 Å². The number of carbonyl (C=O) groups excluding carboxylic acids is 3. The molecule has 0 bridgehead atoms. The Balaban J connectivity index is 1.94. The van der Waals surface area contributed by atoms with Gasteiger partial charge in [-0.25, -0.2) is 0 Å². The first-order valence-electron chi connectivity index (χ1n) is 17.4. The van der Waals surface area contributed by atoms with Crippen LogP contribution in [-0.2, 0) is 39.9 Å². The highest BCUT2D eigenvalue weighted by molar-refractivity contribution is 5.91. The van der Waals surface area contributed by atoms with Crippen molar-refractivity contribution in [2.24, 2.45) is 23.7 Å². The van der Waals surface area contributed by atoms with Crippen molar-refractivity contribution in [3.8, 4) is 0 Å². The van der Waals surface area contributed by atoms with E-state index >= 15 is 0 Å². The number of esters is 1. The highest BCUT2D eigenvalue weighted by atomic mass is 16.7. The van der Waals surface area contributed by atoms with Crippen LogP contribution in [0.1, 0.15) is 65.9 Å². The zero-order chi connectivity index (χ0) is 36.2. The molecule has 1 aromatic rings. The van der Waals surface area contributed by atoms with Crippen LogP contribution >= 0.6 is 0 Å². The molecule has 0 aliphatic carbocycles. The number of likely N-dealkylation sites (N-methyl/N-ethyl adjacent to an activating group) is 1. The largest absolute Gasteiger partial charge is 0.462 e. The summed E-state index contributed by atoms with van der Waals surface area (Å²) in [5.74, 6) is -2.89. The van der Waals surface area contributed by atoms with Gasteiger partial charge >= 0.3 is 5.97 Å². The van der Waals surface area contributed by atoms with Gasteiger partial charge in [0, 0.05) is 24.2 Å². The van der Waals surface area contributed by atoms with Crippen molar-refractivity contribution < 1.29 is 48.7 Å². The lowest BCUT2D eigenvalue weighted by atomic mass is 9.79. The first-order chi connectivity index (χ1) is 23.3. The monoisotopic (exact) mass is 687 g/mol. The van der Waals surface area contributed by atoms with Gasteiger partial charge in [-0.2, -0.15) is 0 Å². The molecule has 1 aromatic carbocycles. The van der Waals surface area contributed by atoms with E-state index in [4.69, 9.17) is 18.9 Å². The van der Waals surface area contributed by atoms with Crippen LogP contribution in [0.25, 0.3) is 0 Å². The van der Waals surface area contributed by atoms with Gasteiger partial charge in [0.2, 0.25) is 0 Å². The van der Waals surface area contributed by atoms with Gasteiger partial charge in [-0.15, -0.1) is 0 Å². The van der Waals surface area contributed by atoms with E-state index in [1.165, 1.54) is 6.08 Å². The number of aliphatic hydroxyl groups excluding tert-OH is 3. The second-order valence-electron chi connectivity index (χ2n) is 13.9. The maximum absolute atomic E-state index is 13.4. The Bertz CT molecular complexity index is 1250. The molecule has 3 N–H and O–H groups in total. The summed E-state index contributed by atoms with van der Waals surface area (Å²) in [7, 11) is 3.46. The number of ether oxygens (including phenoxy) is 4.